The predicted molar refractivity (Wildman–Crippen MR) is 118 cm³/mol. The maximum atomic E-state index is 13.5. The summed E-state index contributed by atoms with van der Waals surface area (Å²) in [7, 11) is 0. The largest absolute Gasteiger partial charge is 0.417 e. The Morgan fingerprint density at radius 1 is 1.29 bits per heavy atom. The van der Waals surface area contributed by atoms with Crippen LogP contribution in [0.3, 0.4) is 0 Å². The first-order chi connectivity index (χ1) is 16.2. The van der Waals surface area contributed by atoms with Crippen molar-refractivity contribution in [1.29, 1.82) is 5.26 Å². The number of alkyl halides is 3. The van der Waals surface area contributed by atoms with Crippen LogP contribution in [0.15, 0.2) is 18.2 Å². The molecule has 3 saturated heterocycles. The lowest BCUT2D eigenvalue weighted by Crippen LogP contribution is -2.53. The average Bonchev–Trinajstić information content (AvgIpc) is 3.39. The van der Waals surface area contributed by atoms with Gasteiger partial charge in [0.05, 0.1) is 30.3 Å². The number of benzene rings is 1. The maximum absolute atomic E-state index is 13.5. The van der Waals surface area contributed by atoms with E-state index in [0.29, 0.717) is 64.5 Å². The van der Waals surface area contributed by atoms with Gasteiger partial charge in [-0.3, -0.25) is 9.59 Å². The van der Waals surface area contributed by atoms with Crippen LogP contribution in [-0.4, -0.2) is 74.1 Å². The van der Waals surface area contributed by atoms with Gasteiger partial charge >= 0.3 is 6.18 Å². The molecule has 0 saturated carbocycles. The van der Waals surface area contributed by atoms with E-state index < -0.39 is 17.3 Å². The first-order valence-corrected chi connectivity index (χ1v) is 11.7. The minimum atomic E-state index is -4.62. The number of piperidine rings is 1. The van der Waals surface area contributed by atoms with E-state index in [0.717, 1.165) is 12.5 Å². The summed E-state index contributed by atoms with van der Waals surface area (Å²) < 4.78 is 46.3. The second-order valence-electron chi connectivity index (χ2n) is 9.43. The van der Waals surface area contributed by atoms with Gasteiger partial charge in [-0.1, -0.05) is 0 Å². The third-order valence-electron chi connectivity index (χ3n) is 7.37. The first kappa shape index (κ1) is 24.3. The quantitative estimate of drug-likeness (QED) is 0.629. The molecule has 1 aromatic carbocycles. The van der Waals surface area contributed by atoms with Crippen LogP contribution >= 0.6 is 0 Å². The zero-order valence-corrected chi connectivity index (χ0v) is 19.2. The van der Waals surface area contributed by atoms with Crippen LogP contribution in [0.1, 0.15) is 37.3 Å². The third-order valence-corrected chi connectivity index (χ3v) is 7.37. The molecule has 3 aliphatic rings. The summed E-state index contributed by atoms with van der Waals surface area (Å²) in [5.41, 5.74) is -1.20. The van der Waals surface area contributed by atoms with Crippen LogP contribution in [0.2, 0.25) is 0 Å². The van der Waals surface area contributed by atoms with Crippen molar-refractivity contribution in [2.24, 2.45) is 11.3 Å². The number of anilines is 1. The van der Waals surface area contributed by atoms with Crippen LogP contribution in [0.5, 0.6) is 0 Å². The van der Waals surface area contributed by atoms with Gasteiger partial charge in [-0.2, -0.15) is 18.4 Å². The van der Waals surface area contributed by atoms with Crippen LogP contribution in [-0.2, 0) is 20.5 Å². The van der Waals surface area contributed by atoms with Crippen molar-refractivity contribution in [2.45, 2.75) is 32.4 Å². The van der Waals surface area contributed by atoms with Gasteiger partial charge in [0.15, 0.2) is 0 Å². The molecule has 2 amide bonds. The Balaban J connectivity index is 1.53. The molecule has 3 heterocycles. The molecular weight excluding hydrogens is 449 g/mol. The Labute approximate surface area is 197 Å². The summed E-state index contributed by atoms with van der Waals surface area (Å²) in [6.45, 7) is 5.61. The number of carbonyl (C=O) groups excluding carboxylic acids is 2. The van der Waals surface area contributed by atoms with Gasteiger partial charge in [-0.15, -0.1) is 0 Å². The molecule has 3 aliphatic heterocycles. The predicted octanol–water partition coefficient (Wildman–Crippen LogP) is 2.89. The smallest absolute Gasteiger partial charge is 0.381 e. The molecule has 2 atom stereocenters. The normalized spacial score (nSPS) is 25.0. The summed E-state index contributed by atoms with van der Waals surface area (Å²) in [5.74, 6) is -0.0585. The molecule has 4 rings (SSSR count). The summed E-state index contributed by atoms with van der Waals surface area (Å²) in [6, 6.07) is 5.45. The maximum Gasteiger partial charge on any atom is 0.417 e. The topological polar surface area (TPSA) is 76.9 Å². The fraction of sp³-hybridized carbons (Fsp3) is 0.625. The Bertz CT molecular complexity index is 993. The number of rotatable bonds is 6. The molecule has 3 fully saturated rings. The highest BCUT2D eigenvalue weighted by Crippen LogP contribution is 2.45. The van der Waals surface area contributed by atoms with Gasteiger partial charge < -0.3 is 19.4 Å². The molecule has 0 aliphatic carbocycles. The number of carbonyl (C=O) groups is 2. The molecule has 1 aromatic rings. The summed E-state index contributed by atoms with van der Waals surface area (Å²) in [6.07, 6.45) is -2.69. The number of halogens is 3. The van der Waals surface area contributed by atoms with Gasteiger partial charge in [-0.05, 0) is 38.0 Å². The third kappa shape index (κ3) is 4.71. The van der Waals surface area contributed by atoms with E-state index in [1.54, 1.807) is 21.9 Å². The highest BCUT2D eigenvalue weighted by Gasteiger charge is 2.50. The number of fused-ring (bicyclic) bond motifs is 1. The van der Waals surface area contributed by atoms with Crippen molar-refractivity contribution in [2.75, 3.05) is 57.4 Å². The minimum absolute atomic E-state index is 0.00405. The molecule has 7 nitrogen and oxygen atoms in total. The number of hydrogen-bond acceptors (Lipinski definition) is 5. The highest BCUT2D eigenvalue weighted by molar-refractivity contribution is 5.86. The standard InChI is InChI=1S/C24H29F3N4O3/c1-2-34-16-23-7-9-30(22(33)14-29-8-3-4-21(29)32)12-18(23)13-31(15-23)19-6-5-17(11-28)20(10-19)24(25,26)27/h5-6,10,18H,2-4,7-9,12-16H2,1H3/t18-,23+/m1/s1. The number of amides is 2. The van der Waals surface area contributed by atoms with E-state index in [4.69, 9.17) is 10.00 Å². The minimum Gasteiger partial charge on any atom is -0.381 e. The van der Waals surface area contributed by atoms with Crippen LogP contribution in [0, 0.1) is 22.7 Å². The zero-order chi connectivity index (χ0) is 24.5. The van der Waals surface area contributed by atoms with E-state index in [1.165, 1.54) is 6.07 Å². The Morgan fingerprint density at radius 2 is 2.09 bits per heavy atom. The highest BCUT2D eigenvalue weighted by atomic mass is 19.4. The van der Waals surface area contributed by atoms with Gasteiger partial charge in [0, 0.05) is 62.8 Å². The van der Waals surface area contributed by atoms with Crippen LogP contribution in [0.4, 0.5) is 18.9 Å². The summed E-state index contributed by atoms with van der Waals surface area (Å²) in [5, 5.41) is 9.10. The van der Waals surface area contributed by atoms with E-state index in [2.05, 4.69) is 0 Å². The number of nitrogens with zero attached hydrogens (tertiary/aromatic N) is 4. The lowest BCUT2D eigenvalue weighted by molar-refractivity contribution is -0.141. The molecule has 0 N–H and O–H groups in total. The Hall–Kier alpha value is -2.80. The summed E-state index contributed by atoms with van der Waals surface area (Å²) in [4.78, 5) is 30.1. The van der Waals surface area contributed by atoms with Gasteiger partial charge in [0.25, 0.3) is 0 Å². The fourth-order valence-corrected chi connectivity index (χ4v) is 5.44. The van der Waals surface area contributed by atoms with Crippen LogP contribution in [0.25, 0.3) is 0 Å². The van der Waals surface area contributed by atoms with Crippen LogP contribution < -0.4 is 4.90 Å². The molecule has 184 valence electrons. The SMILES string of the molecule is CCOC[C@@]12CCN(C(=O)CN3CCCC3=O)C[C@@H]1CN(c1ccc(C#N)c(C(F)(F)F)c1)C2. The molecule has 0 bridgehead atoms. The summed E-state index contributed by atoms with van der Waals surface area (Å²) >= 11 is 0. The van der Waals surface area contributed by atoms with E-state index >= 15 is 0 Å². The van der Waals surface area contributed by atoms with E-state index in [9.17, 15) is 22.8 Å². The average molecular weight is 479 g/mol. The molecular formula is C24H29F3N4O3. The van der Waals surface area contributed by atoms with Crippen molar-refractivity contribution >= 4 is 17.5 Å². The molecule has 34 heavy (non-hydrogen) atoms. The zero-order valence-electron chi connectivity index (χ0n) is 19.2. The van der Waals surface area contributed by atoms with Crippen molar-refractivity contribution in [1.82, 2.24) is 9.80 Å². The van der Waals surface area contributed by atoms with E-state index in [-0.39, 0.29) is 29.7 Å². The van der Waals surface area contributed by atoms with Gasteiger partial charge in [-0.25, -0.2) is 0 Å². The fourth-order valence-electron chi connectivity index (χ4n) is 5.44. The van der Waals surface area contributed by atoms with Crippen molar-refractivity contribution in [3.05, 3.63) is 29.3 Å². The number of hydrogen-bond donors (Lipinski definition) is 0. The Morgan fingerprint density at radius 3 is 2.74 bits per heavy atom. The van der Waals surface area contributed by atoms with Crippen molar-refractivity contribution < 1.29 is 27.5 Å². The molecule has 0 radical (unpaired) electrons. The molecule has 0 spiro atoms. The first-order valence-electron chi connectivity index (χ1n) is 11.7. The van der Waals surface area contributed by atoms with Gasteiger partial charge in [0.2, 0.25) is 11.8 Å². The second kappa shape index (κ2) is 9.45. The van der Waals surface area contributed by atoms with Crippen molar-refractivity contribution in [3.63, 3.8) is 0 Å². The number of likely N-dealkylation sites (tertiary alicyclic amines) is 2. The lowest BCUT2D eigenvalue weighted by Gasteiger charge is -2.43. The molecule has 0 unspecified atom stereocenters. The number of ether oxygens (including phenoxy) is 1. The molecule has 0 aromatic heterocycles. The van der Waals surface area contributed by atoms with Gasteiger partial charge in [0.1, 0.15) is 0 Å². The Kier molecular flexibility index (Phi) is 6.76. The van der Waals surface area contributed by atoms with E-state index in [1.807, 2.05) is 11.8 Å². The molecule has 10 heteroatoms. The lowest BCUT2D eigenvalue weighted by atomic mass is 9.73. The number of nitriles is 1. The monoisotopic (exact) mass is 478 g/mol. The second-order valence-corrected chi connectivity index (χ2v) is 9.43. The van der Waals surface area contributed by atoms with Crippen molar-refractivity contribution in [3.8, 4) is 6.07 Å².